The van der Waals surface area contributed by atoms with Crippen LogP contribution in [-0.2, 0) is 4.79 Å². The summed E-state index contributed by atoms with van der Waals surface area (Å²) in [6, 6.07) is 7.84. The molecule has 0 heterocycles. The highest BCUT2D eigenvalue weighted by atomic mass is 16.1. The van der Waals surface area contributed by atoms with Gasteiger partial charge in [-0.25, -0.2) is 0 Å². The van der Waals surface area contributed by atoms with Crippen LogP contribution < -0.4 is 10.2 Å². The lowest BCUT2D eigenvalue weighted by molar-refractivity contribution is -0.120. The summed E-state index contributed by atoms with van der Waals surface area (Å²) >= 11 is 0. The van der Waals surface area contributed by atoms with E-state index in [-0.39, 0.29) is 5.91 Å². The molecule has 4 nitrogen and oxygen atoms in total. The molecule has 0 saturated carbocycles. The van der Waals surface area contributed by atoms with Crippen LogP contribution in [0.4, 0.5) is 5.69 Å². The van der Waals surface area contributed by atoms with Crippen LogP contribution in [0.1, 0.15) is 17.5 Å². The number of anilines is 1. The average molecular weight is 231 g/mol. The molecule has 0 fully saturated rings. The summed E-state index contributed by atoms with van der Waals surface area (Å²) in [6.07, 6.45) is 0.422. The van der Waals surface area contributed by atoms with E-state index in [1.165, 1.54) is 0 Å². The maximum atomic E-state index is 11.2. The fraction of sp³-hybridized carbons (Fsp3) is 0.385. The Bertz CT molecular complexity index is 448. The molecule has 1 aromatic carbocycles. The van der Waals surface area contributed by atoms with Crippen molar-refractivity contribution in [3.8, 4) is 6.07 Å². The highest BCUT2D eigenvalue weighted by molar-refractivity contribution is 5.76. The molecule has 0 radical (unpaired) electrons. The Morgan fingerprint density at radius 2 is 2.24 bits per heavy atom. The Hall–Kier alpha value is -2.02. The minimum Gasteiger partial charge on any atom is -0.373 e. The first-order valence-corrected chi connectivity index (χ1v) is 5.51. The van der Waals surface area contributed by atoms with E-state index in [9.17, 15) is 4.79 Å². The van der Waals surface area contributed by atoms with Crippen LogP contribution in [0, 0.1) is 18.3 Å². The van der Waals surface area contributed by atoms with Crippen molar-refractivity contribution in [3.63, 3.8) is 0 Å². The molecule has 0 bridgehead atoms. The van der Waals surface area contributed by atoms with E-state index in [1.807, 2.05) is 31.0 Å². The zero-order chi connectivity index (χ0) is 12.8. The van der Waals surface area contributed by atoms with E-state index in [0.717, 1.165) is 11.3 Å². The molecular weight excluding hydrogens is 214 g/mol. The molecule has 0 aliphatic heterocycles. The van der Waals surface area contributed by atoms with Crippen molar-refractivity contribution >= 4 is 11.6 Å². The third kappa shape index (κ3) is 3.49. The second-order valence-electron chi connectivity index (χ2n) is 3.98. The number of hydrogen-bond donors (Lipinski definition) is 1. The van der Waals surface area contributed by atoms with Crippen molar-refractivity contribution in [1.29, 1.82) is 5.26 Å². The maximum absolute atomic E-state index is 11.2. The first kappa shape index (κ1) is 13.0. The highest BCUT2D eigenvalue weighted by Gasteiger charge is 2.08. The molecule has 0 aliphatic rings. The van der Waals surface area contributed by atoms with Crippen LogP contribution >= 0.6 is 0 Å². The third-order valence-electron chi connectivity index (χ3n) is 2.64. The molecule has 17 heavy (non-hydrogen) atoms. The normalized spacial score (nSPS) is 9.53. The highest BCUT2D eigenvalue weighted by Crippen LogP contribution is 2.20. The standard InChI is InChI=1S/C13H17N3O/c1-10-4-5-11(9-14)12(8-10)16(3)7-6-13(17)15-2/h4-5,8H,6-7H2,1-3H3,(H,15,17). The van der Waals surface area contributed by atoms with Crippen LogP contribution in [0.15, 0.2) is 18.2 Å². The number of hydrogen-bond acceptors (Lipinski definition) is 3. The van der Waals surface area contributed by atoms with Crippen LogP contribution in [0.5, 0.6) is 0 Å². The number of nitrogens with one attached hydrogen (secondary N) is 1. The largest absolute Gasteiger partial charge is 0.373 e. The van der Waals surface area contributed by atoms with Crippen molar-refractivity contribution in [1.82, 2.24) is 5.32 Å². The van der Waals surface area contributed by atoms with Gasteiger partial charge >= 0.3 is 0 Å². The molecule has 90 valence electrons. The summed E-state index contributed by atoms with van der Waals surface area (Å²) < 4.78 is 0. The lowest BCUT2D eigenvalue weighted by Crippen LogP contribution is -2.26. The number of carbonyl (C=O) groups excluding carboxylic acids is 1. The molecule has 4 heteroatoms. The molecular formula is C13H17N3O. The summed E-state index contributed by atoms with van der Waals surface area (Å²) in [7, 11) is 3.51. The second kappa shape index (κ2) is 5.90. The van der Waals surface area contributed by atoms with Gasteiger partial charge < -0.3 is 10.2 Å². The summed E-state index contributed by atoms with van der Waals surface area (Å²) in [5.74, 6) is 0.00279. The molecule has 0 unspecified atom stereocenters. The predicted octanol–water partition coefficient (Wildman–Crippen LogP) is 1.44. The van der Waals surface area contributed by atoms with Gasteiger partial charge in [0.05, 0.1) is 11.3 Å². The Labute approximate surface area is 102 Å². The van der Waals surface area contributed by atoms with Gasteiger partial charge in [-0.3, -0.25) is 4.79 Å². The van der Waals surface area contributed by atoms with Crippen molar-refractivity contribution in [2.24, 2.45) is 0 Å². The Kier molecular flexibility index (Phi) is 4.53. The van der Waals surface area contributed by atoms with Crippen molar-refractivity contribution < 1.29 is 4.79 Å². The number of nitriles is 1. The van der Waals surface area contributed by atoms with Gasteiger partial charge in [0.1, 0.15) is 6.07 Å². The fourth-order valence-corrected chi connectivity index (χ4v) is 1.57. The van der Waals surface area contributed by atoms with E-state index >= 15 is 0 Å². The van der Waals surface area contributed by atoms with Gasteiger partial charge in [0.15, 0.2) is 0 Å². The minimum atomic E-state index is 0.00279. The minimum absolute atomic E-state index is 0.00279. The van der Waals surface area contributed by atoms with Crippen LogP contribution in [0.25, 0.3) is 0 Å². The van der Waals surface area contributed by atoms with Crippen molar-refractivity contribution in [3.05, 3.63) is 29.3 Å². The third-order valence-corrected chi connectivity index (χ3v) is 2.64. The average Bonchev–Trinajstić information content (AvgIpc) is 2.35. The Morgan fingerprint density at radius 1 is 1.53 bits per heavy atom. The molecule has 1 rings (SSSR count). The smallest absolute Gasteiger partial charge is 0.221 e. The zero-order valence-electron chi connectivity index (χ0n) is 10.4. The van der Waals surface area contributed by atoms with E-state index in [1.54, 1.807) is 13.1 Å². The van der Waals surface area contributed by atoms with Crippen LogP contribution in [-0.4, -0.2) is 26.5 Å². The second-order valence-corrected chi connectivity index (χ2v) is 3.98. The van der Waals surface area contributed by atoms with Crippen molar-refractivity contribution in [2.45, 2.75) is 13.3 Å². The number of aryl methyl sites for hydroxylation is 1. The van der Waals surface area contributed by atoms with E-state index in [4.69, 9.17) is 5.26 Å². The summed E-state index contributed by atoms with van der Waals surface area (Å²) in [5.41, 5.74) is 2.61. The molecule has 0 aliphatic carbocycles. The molecule has 0 atom stereocenters. The lowest BCUT2D eigenvalue weighted by Gasteiger charge is -2.20. The van der Waals surface area contributed by atoms with E-state index < -0.39 is 0 Å². The summed E-state index contributed by atoms with van der Waals surface area (Å²) in [5, 5.41) is 11.6. The first-order valence-electron chi connectivity index (χ1n) is 5.51. The van der Waals surface area contributed by atoms with E-state index in [0.29, 0.717) is 18.5 Å². The topological polar surface area (TPSA) is 56.1 Å². The van der Waals surface area contributed by atoms with Crippen molar-refractivity contribution in [2.75, 3.05) is 25.5 Å². The van der Waals surface area contributed by atoms with Crippen LogP contribution in [0.3, 0.4) is 0 Å². The van der Waals surface area contributed by atoms with Gasteiger partial charge in [0.2, 0.25) is 5.91 Å². The fourth-order valence-electron chi connectivity index (χ4n) is 1.57. The lowest BCUT2D eigenvalue weighted by atomic mass is 10.1. The molecule has 0 aromatic heterocycles. The molecule has 1 N–H and O–H groups in total. The predicted molar refractivity (Wildman–Crippen MR) is 67.8 cm³/mol. The monoisotopic (exact) mass is 231 g/mol. The van der Waals surface area contributed by atoms with Gasteiger partial charge in [0.25, 0.3) is 0 Å². The van der Waals surface area contributed by atoms with Gasteiger partial charge in [-0.15, -0.1) is 0 Å². The number of benzene rings is 1. The van der Waals surface area contributed by atoms with Gasteiger partial charge in [-0.05, 0) is 24.6 Å². The summed E-state index contributed by atoms with van der Waals surface area (Å²) in [6.45, 7) is 2.58. The van der Waals surface area contributed by atoms with Crippen LogP contribution in [0.2, 0.25) is 0 Å². The molecule has 0 saturated heterocycles. The van der Waals surface area contributed by atoms with Gasteiger partial charge in [-0.1, -0.05) is 6.07 Å². The zero-order valence-corrected chi connectivity index (χ0v) is 10.4. The van der Waals surface area contributed by atoms with E-state index in [2.05, 4.69) is 11.4 Å². The molecule has 1 amide bonds. The number of carbonyl (C=O) groups is 1. The summed E-state index contributed by atoms with van der Waals surface area (Å²) in [4.78, 5) is 13.1. The Balaban J connectivity index is 2.81. The van der Waals surface area contributed by atoms with Gasteiger partial charge in [-0.2, -0.15) is 5.26 Å². The number of nitrogens with zero attached hydrogens (tertiary/aromatic N) is 2. The van der Waals surface area contributed by atoms with Gasteiger partial charge in [0, 0.05) is 27.1 Å². The first-order chi connectivity index (χ1) is 8.08. The number of amides is 1. The SMILES string of the molecule is CNC(=O)CCN(C)c1cc(C)ccc1C#N. The molecule has 1 aromatic rings. The maximum Gasteiger partial charge on any atom is 0.221 e. The quantitative estimate of drug-likeness (QED) is 0.853. The molecule has 0 spiro atoms. The Morgan fingerprint density at radius 3 is 2.82 bits per heavy atom. The number of rotatable bonds is 4.